The number of hydrogen-bond acceptors (Lipinski definition) is 8. The van der Waals surface area contributed by atoms with E-state index >= 15 is 0 Å². The zero-order valence-corrected chi connectivity index (χ0v) is 15.9. The van der Waals surface area contributed by atoms with E-state index < -0.39 is 6.10 Å². The Morgan fingerprint density at radius 3 is 2.93 bits per heavy atom. The van der Waals surface area contributed by atoms with Crippen molar-refractivity contribution in [2.45, 2.75) is 44.8 Å². The number of aromatic nitrogens is 3. The van der Waals surface area contributed by atoms with Crippen molar-refractivity contribution in [1.82, 2.24) is 20.7 Å². The Hall–Kier alpha value is -2.59. The van der Waals surface area contributed by atoms with Gasteiger partial charge >= 0.3 is 0 Å². The number of amides is 1. The molecule has 3 heterocycles. The van der Waals surface area contributed by atoms with Gasteiger partial charge in [0, 0.05) is 18.5 Å². The van der Waals surface area contributed by atoms with E-state index in [1.54, 1.807) is 13.0 Å². The lowest BCUT2D eigenvalue weighted by Gasteiger charge is -2.35. The van der Waals surface area contributed by atoms with Gasteiger partial charge in [-0.25, -0.2) is 0 Å². The normalized spacial score (nSPS) is 20.0. The molecule has 1 aliphatic carbocycles. The fourth-order valence-corrected chi connectivity index (χ4v) is 3.84. The molecule has 1 saturated carbocycles. The summed E-state index contributed by atoms with van der Waals surface area (Å²) in [6.45, 7) is 1.58. The average molecular weight is 406 g/mol. The Kier molecular flexibility index (Phi) is 5.23. The van der Waals surface area contributed by atoms with Crippen molar-refractivity contribution in [2.75, 3.05) is 0 Å². The second-order valence-electron chi connectivity index (χ2n) is 6.94. The molecule has 148 valence electrons. The van der Waals surface area contributed by atoms with Crippen LogP contribution in [0.4, 0.5) is 4.39 Å². The molecule has 0 saturated heterocycles. The summed E-state index contributed by atoms with van der Waals surface area (Å²) in [5.74, 6) is 1.00. The van der Waals surface area contributed by atoms with Crippen molar-refractivity contribution >= 4 is 17.2 Å². The van der Waals surface area contributed by atoms with E-state index in [4.69, 9.17) is 8.94 Å². The number of halogens is 1. The minimum absolute atomic E-state index is 0.0842. The van der Waals surface area contributed by atoms with E-state index in [1.165, 1.54) is 12.1 Å². The van der Waals surface area contributed by atoms with Gasteiger partial charge in [-0.3, -0.25) is 4.79 Å². The highest BCUT2D eigenvalue weighted by molar-refractivity contribution is 7.13. The van der Waals surface area contributed by atoms with Gasteiger partial charge in [0.05, 0.1) is 4.88 Å². The van der Waals surface area contributed by atoms with Gasteiger partial charge in [0.25, 0.3) is 5.91 Å². The molecule has 0 bridgehead atoms. The average Bonchev–Trinajstić information content (AvgIpc) is 3.36. The molecular weight excluding hydrogens is 387 g/mol. The molecule has 3 aromatic heterocycles. The fourth-order valence-electron chi connectivity index (χ4n) is 3.16. The summed E-state index contributed by atoms with van der Waals surface area (Å²) in [7, 11) is 0. The SMILES string of the molecule is C[C@@H](O)c1nnc(CC[C@H]2C[C@H](NC(=O)c3cc(-c4ccc(F)s4)no3)C2)o1. The second kappa shape index (κ2) is 7.80. The number of nitrogens with zero attached hydrogens (tertiary/aromatic N) is 3. The van der Waals surface area contributed by atoms with Crippen LogP contribution in [0.15, 0.2) is 27.1 Å². The number of carbonyl (C=O) groups excluding carboxylic acids is 1. The molecule has 1 amide bonds. The molecule has 28 heavy (non-hydrogen) atoms. The van der Waals surface area contributed by atoms with Crippen molar-refractivity contribution in [1.29, 1.82) is 0 Å². The molecule has 10 heteroatoms. The van der Waals surface area contributed by atoms with Crippen LogP contribution in [0, 0.1) is 11.0 Å². The molecule has 0 aromatic carbocycles. The van der Waals surface area contributed by atoms with Crippen LogP contribution in [-0.2, 0) is 6.42 Å². The zero-order valence-electron chi connectivity index (χ0n) is 15.1. The number of aliphatic hydroxyl groups is 1. The molecule has 0 unspecified atom stereocenters. The number of nitrogens with one attached hydrogen (secondary N) is 1. The van der Waals surface area contributed by atoms with E-state index in [1.807, 2.05) is 0 Å². The largest absolute Gasteiger partial charge is 0.422 e. The summed E-state index contributed by atoms with van der Waals surface area (Å²) in [4.78, 5) is 12.9. The summed E-state index contributed by atoms with van der Waals surface area (Å²) in [6.07, 6.45) is 2.48. The quantitative estimate of drug-likeness (QED) is 0.619. The highest BCUT2D eigenvalue weighted by atomic mass is 32.1. The Bertz CT molecular complexity index is 960. The number of carbonyl (C=O) groups is 1. The Labute approximate surface area is 163 Å². The topological polar surface area (TPSA) is 114 Å². The van der Waals surface area contributed by atoms with Crippen LogP contribution in [0.3, 0.4) is 0 Å². The predicted octanol–water partition coefficient (Wildman–Crippen LogP) is 3.12. The minimum atomic E-state index is -0.764. The molecule has 1 aliphatic rings. The molecule has 1 fully saturated rings. The van der Waals surface area contributed by atoms with Crippen LogP contribution >= 0.6 is 11.3 Å². The van der Waals surface area contributed by atoms with Crippen LogP contribution in [-0.4, -0.2) is 32.4 Å². The monoisotopic (exact) mass is 406 g/mol. The summed E-state index contributed by atoms with van der Waals surface area (Å²) >= 11 is 0.950. The maximum absolute atomic E-state index is 13.1. The molecule has 0 spiro atoms. The van der Waals surface area contributed by atoms with Crippen molar-refractivity contribution in [3.63, 3.8) is 0 Å². The van der Waals surface area contributed by atoms with Gasteiger partial charge in [-0.05, 0) is 44.2 Å². The second-order valence-corrected chi connectivity index (χ2v) is 7.97. The van der Waals surface area contributed by atoms with Crippen LogP contribution < -0.4 is 5.32 Å². The smallest absolute Gasteiger partial charge is 0.290 e. The van der Waals surface area contributed by atoms with Gasteiger partial charge in [0.15, 0.2) is 5.13 Å². The Balaban J connectivity index is 1.22. The molecule has 1 atom stereocenters. The highest BCUT2D eigenvalue weighted by Crippen LogP contribution is 2.32. The van der Waals surface area contributed by atoms with Gasteiger partial charge < -0.3 is 19.4 Å². The molecule has 3 aromatic rings. The summed E-state index contributed by atoms with van der Waals surface area (Å²) in [5, 5.41) is 23.5. The molecule has 4 rings (SSSR count). The molecule has 0 aliphatic heterocycles. The minimum Gasteiger partial charge on any atom is -0.422 e. The number of aliphatic hydroxyl groups excluding tert-OH is 1. The van der Waals surface area contributed by atoms with E-state index in [2.05, 4.69) is 20.7 Å². The molecule has 0 radical (unpaired) electrons. The van der Waals surface area contributed by atoms with Gasteiger partial charge in [-0.2, -0.15) is 4.39 Å². The van der Waals surface area contributed by atoms with Crippen LogP contribution in [0.25, 0.3) is 10.6 Å². The van der Waals surface area contributed by atoms with Crippen LogP contribution in [0.5, 0.6) is 0 Å². The van der Waals surface area contributed by atoms with Gasteiger partial charge in [0.2, 0.25) is 17.5 Å². The zero-order chi connectivity index (χ0) is 19.7. The lowest BCUT2D eigenvalue weighted by atomic mass is 9.77. The molecule has 8 nitrogen and oxygen atoms in total. The van der Waals surface area contributed by atoms with Crippen molar-refractivity contribution in [2.24, 2.45) is 5.92 Å². The Morgan fingerprint density at radius 1 is 1.43 bits per heavy atom. The number of thiophene rings is 1. The maximum Gasteiger partial charge on any atom is 0.290 e. The standard InChI is InChI=1S/C18H19FN4O4S/c1-9(24)18-22-21-16(26-18)5-2-10-6-11(7-10)20-17(25)13-8-12(23-27-13)14-3-4-15(19)28-14/h3-4,8-11,24H,2,5-7H2,1H3,(H,20,25)/t9-,10-,11-/m1/s1. The highest BCUT2D eigenvalue weighted by Gasteiger charge is 2.31. The summed E-state index contributed by atoms with van der Waals surface area (Å²) in [6, 6.07) is 4.55. The predicted molar refractivity (Wildman–Crippen MR) is 97.0 cm³/mol. The number of hydrogen-bond donors (Lipinski definition) is 2. The van der Waals surface area contributed by atoms with Crippen LogP contribution in [0.1, 0.15) is 54.6 Å². The fraction of sp³-hybridized carbons (Fsp3) is 0.444. The first-order valence-electron chi connectivity index (χ1n) is 9.01. The molecule has 2 N–H and O–H groups in total. The van der Waals surface area contributed by atoms with E-state index in [9.17, 15) is 14.3 Å². The lowest BCUT2D eigenvalue weighted by Crippen LogP contribution is -2.44. The number of aryl methyl sites for hydroxylation is 1. The molecular formula is C18H19FN4O4S. The maximum atomic E-state index is 13.1. The van der Waals surface area contributed by atoms with E-state index in [-0.39, 0.29) is 28.7 Å². The van der Waals surface area contributed by atoms with E-state index in [0.29, 0.717) is 28.8 Å². The first-order chi connectivity index (χ1) is 13.5. The third kappa shape index (κ3) is 4.12. The van der Waals surface area contributed by atoms with Crippen molar-refractivity contribution < 1.29 is 23.2 Å². The lowest BCUT2D eigenvalue weighted by molar-refractivity contribution is 0.0847. The van der Waals surface area contributed by atoms with Gasteiger partial charge in [-0.15, -0.1) is 21.5 Å². The first-order valence-corrected chi connectivity index (χ1v) is 9.83. The third-order valence-electron chi connectivity index (χ3n) is 4.74. The summed E-state index contributed by atoms with van der Waals surface area (Å²) < 4.78 is 23.6. The van der Waals surface area contributed by atoms with Crippen LogP contribution in [0.2, 0.25) is 0 Å². The third-order valence-corrected chi connectivity index (χ3v) is 5.63. The van der Waals surface area contributed by atoms with E-state index in [0.717, 1.165) is 30.6 Å². The Morgan fingerprint density at radius 2 is 2.25 bits per heavy atom. The van der Waals surface area contributed by atoms with Crippen molar-refractivity contribution in [3.8, 4) is 10.6 Å². The first kappa shape index (κ1) is 18.8. The van der Waals surface area contributed by atoms with Gasteiger partial charge in [-0.1, -0.05) is 5.16 Å². The number of rotatable bonds is 7. The summed E-state index contributed by atoms with van der Waals surface area (Å²) in [5.41, 5.74) is 0.446. The van der Waals surface area contributed by atoms with Gasteiger partial charge in [0.1, 0.15) is 11.8 Å². The van der Waals surface area contributed by atoms with Crippen molar-refractivity contribution in [3.05, 3.63) is 40.9 Å².